The maximum Gasteiger partial charge on any atom is 0.258 e. The summed E-state index contributed by atoms with van der Waals surface area (Å²) in [5, 5.41) is 2.90. The summed E-state index contributed by atoms with van der Waals surface area (Å²) in [5.74, 6) is -0.154. The molecule has 34 heavy (non-hydrogen) atoms. The van der Waals surface area contributed by atoms with Crippen molar-refractivity contribution in [3.05, 3.63) is 95.6 Å². The first-order valence-corrected chi connectivity index (χ1v) is 12.1. The van der Waals surface area contributed by atoms with Crippen molar-refractivity contribution in [3.8, 4) is 0 Å². The Balaban J connectivity index is 1.35. The number of anilines is 2. The van der Waals surface area contributed by atoms with Crippen LogP contribution in [0.3, 0.4) is 0 Å². The Kier molecular flexibility index (Phi) is 6.20. The van der Waals surface area contributed by atoms with Crippen LogP contribution in [-0.2, 0) is 6.42 Å². The molecule has 1 spiro atoms. The van der Waals surface area contributed by atoms with Crippen molar-refractivity contribution in [1.82, 2.24) is 4.90 Å². The van der Waals surface area contributed by atoms with E-state index in [9.17, 15) is 9.59 Å². The number of nitrogens with one attached hydrogen (secondary N) is 1. The zero-order valence-electron chi connectivity index (χ0n) is 19.7. The average molecular weight is 454 g/mol. The fourth-order valence-electron chi connectivity index (χ4n) is 5.54. The summed E-state index contributed by atoms with van der Waals surface area (Å²) in [5.41, 5.74) is 4.42. The maximum atomic E-state index is 13.6. The Morgan fingerprint density at radius 1 is 0.824 bits per heavy atom. The number of amides is 2. The molecule has 2 amide bonds. The van der Waals surface area contributed by atoms with Crippen molar-refractivity contribution >= 4 is 23.2 Å². The average Bonchev–Trinajstić information content (AvgIpc) is 3.01. The number of carbonyl (C=O) groups excluding carboxylic acids is 2. The predicted molar refractivity (Wildman–Crippen MR) is 136 cm³/mol. The van der Waals surface area contributed by atoms with Crippen molar-refractivity contribution in [2.24, 2.45) is 5.41 Å². The molecule has 0 saturated carbocycles. The molecule has 1 atom stereocenters. The molecule has 5 nitrogen and oxygen atoms in total. The van der Waals surface area contributed by atoms with E-state index in [1.807, 2.05) is 29.2 Å². The molecule has 174 valence electrons. The molecule has 0 aromatic heterocycles. The maximum absolute atomic E-state index is 13.6. The van der Waals surface area contributed by atoms with Gasteiger partial charge in [0.2, 0.25) is 0 Å². The molecule has 3 aromatic rings. The molecular formula is C29H31N3O2. The monoisotopic (exact) mass is 453 g/mol. The molecule has 1 N–H and O–H groups in total. The highest BCUT2D eigenvalue weighted by atomic mass is 16.2. The Labute approximate surface area is 201 Å². The predicted octanol–water partition coefficient (Wildman–Crippen LogP) is 5.24. The number of para-hydroxylation sites is 1. The number of carbonyl (C=O) groups is 2. The Morgan fingerprint density at radius 2 is 1.56 bits per heavy atom. The van der Waals surface area contributed by atoms with Gasteiger partial charge in [-0.25, -0.2) is 0 Å². The summed E-state index contributed by atoms with van der Waals surface area (Å²) in [4.78, 5) is 30.5. The summed E-state index contributed by atoms with van der Waals surface area (Å²) < 4.78 is 0. The zero-order chi connectivity index (χ0) is 23.5. The van der Waals surface area contributed by atoms with Gasteiger partial charge in [-0.1, -0.05) is 36.4 Å². The van der Waals surface area contributed by atoms with Gasteiger partial charge in [0.05, 0.1) is 0 Å². The molecule has 1 saturated heterocycles. The fraction of sp³-hybridized carbons (Fsp3) is 0.310. The third-order valence-electron chi connectivity index (χ3n) is 7.24. The minimum Gasteiger partial charge on any atom is -0.322 e. The third-order valence-corrected chi connectivity index (χ3v) is 7.24. The van der Waals surface area contributed by atoms with Crippen LogP contribution in [0.5, 0.6) is 0 Å². The number of piperidine rings is 1. The SMILES string of the molecule is CN1CCCC2(CCN(C(=O)c3ccc(NC(=O)c4ccccc4)cc3)c3ccccc3C2)C1. The smallest absolute Gasteiger partial charge is 0.258 e. The number of hydrogen-bond acceptors (Lipinski definition) is 3. The van der Waals surface area contributed by atoms with Gasteiger partial charge in [-0.2, -0.15) is 0 Å². The molecule has 3 aromatic carbocycles. The Morgan fingerprint density at radius 3 is 2.32 bits per heavy atom. The van der Waals surface area contributed by atoms with E-state index in [1.165, 1.54) is 18.4 Å². The molecule has 5 rings (SSSR count). The van der Waals surface area contributed by atoms with Gasteiger partial charge < -0.3 is 15.1 Å². The topological polar surface area (TPSA) is 52.6 Å². The summed E-state index contributed by atoms with van der Waals surface area (Å²) in [6.07, 6.45) is 4.44. The molecular weight excluding hydrogens is 422 g/mol. The molecule has 1 unspecified atom stereocenters. The number of rotatable bonds is 3. The number of likely N-dealkylation sites (tertiary alicyclic amines) is 1. The zero-order valence-corrected chi connectivity index (χ0v) is 19.7. The van der Waals surface area contributed by atoms with Crippen LogP contribution in [0.2, 0.25) is 0 Å². The molecule has 5 heteroatoms. The van der Waals surface area contributed by atoms with E-state index < -0.39 is 0 Å². The lowest BCUT2D eigenvalue weighted by Gasteiger charge is -2.41. The van der Waals surface area contributed by atoms with Crippen LogP contribution in [0.15, 0.2) is 78.9 Å². The number of hydrogen-bond donors (Lipinski definition) is 1. The summed E-state index contributed by atoms with van der Waals surface area (Å²) in [6.45, 7) is 2.95. The van der Waals surface area contributed by atoms with E-state index in [1.54, 1.807) is 36.4 Å². The summed E-state index contributed by atoms with van der Waals surface area (Å²) in [6, 6.07) is 24.7. The van der Waals surface area contributed by atoms with Crippen LogP contribution < -0.4 is 10.2 Å². The van der Waals surface area contributed by atoms with Crippen LogP contribution in [0.25, 0.3) is 0 Å². The van der Waals surface area contributed by atoms with Gasteiger partial charge in [0.25, 0.3) is 11.8 Å². The largest absolute Gasteiger partial charge is 0.322 e. The fourth-order valence-corrected chi connectivity index (χ4v) is 5.54. The second-order valence-electron chi connectivity index (χ2n) is 9.75. The van der Waals surface area contributed by atoms with E-state index in [4.69, 9.17) is 0 Å². The second-order valence-corrected chi connectivity index (χ2v) is 9.75. The molecule has 2 aliphatic rings. The molecule has 0 radical (unpaired) electrons. The van der Waals surface area contributed by atoms with Crippen LogP contribution in [0.4, 0.5) is 11.4 Å². The van der Waals surface area contributed by atoms with Crippen molar-refractivity contribution in [1.29, 1.82) is 0 Å². The minimum atomic E-state index is -0.163. The van der Waals surface area contributed by atoms with Gasteiger partial charge >= 0.3 is 0 Å². The van der Waals surface area contributed by atoms with Crippen LogP contribution in [-0.4, -0.2) is 43.4 Å². The first-order valence-electron chi connectivity index (χ1n) is 12.1. The molecule has 2 heterocycles. The molecule has 0 bridgehead atoms. The number of benzene rings is 3. The van der Waals surface area contributed by atoms with E-state index >= 15 is 0 Å². The minimum absolute atomic E-state index is 0.00889. The lowest BCUT2D eigenvalue weighted by atomic mass is 9.73. The summed E-state index contributed by atoms with van der Waals surface area (Å²) in [7, 11) is 2.21. The molecule has 2 aliphatic heterocycles. The van der Waals surface area contributed by atoms with E-state index in [0.717, 1.165) is 38.2 Å². The van der Waals surface area contributed by atoms with Gasteiger partial charge in [0.15, 0.2) is 0 Å². The highest BCUT2D eigenvalue weighted by Gasteiger charge is 2.38. The van der Waals surface area contributed by atoms with Crippen molar-refractivity contribution in [2.75, 3.05) is 36.9 Å². The van der Waals surface area contributed by atoms with Crippen molar-refractivity contribution in [3.63, 3.8) is 0 Å². The van der Waals surface area contributed by atoms with Gasteiger partial charge in [-0.3, -0.25) is 9.59 Å². The normalized spacial score (nSPS) is 20.4. The van der Waals surface area contributed by atoms with Crippen molar-refractivity contribution < 1.29 is 9.59 Å². The highest BCUT2D eigenvalue weighted by Crippen LogP contribution is 2.42. The number of nitrogens with zero attached hydrogens (tertiary/aromatic N) is 2. The Hall–Kier alpha value is -3.44. The standard InChI is InChI=1S/C29H31N3O2/c1-31-18-7-16-29(21-31)17-19-32(26-11-6-5-10-24(26)20-29)28(34)23-12-14-25(15-13-23)30-27(33)22-8-3-2-4-9-22/h2-6,8-15H,7,16-21H2,1H3,(H,30,33). The highest BCUT2D eigenvalue weighted by molar-refractivity contribution is 6.07. The van der Waals surface area contributed by atoms with Crippen LogP contribution in [0.1, 0.15) is 45.5 Å². The summed E-state index contributed by atoms with van der Waals surface area (Å²) >= 11 is 0. The van der Waals surface area contributed by atoms with Crippen LogP contribution in [0, 0.1) is 5.41 Å². The van der Waals surface area contributed by atoms with E-state index in [0.29, 0.717) is 16.8 Å². The molecule has 0 aliphatic carbocycles. The number of fused-ring (bicyclic) bond motifs is 1. The first-order chi connectivity index (χ1) is 16.5. The lowest BCUT2D eigenvalue weighted by molar-refractivity contribution is 0.0943. The van der Waals surface area contributed by atoms with Gasteiger partial charge in [0, 0.05) is 35.6 Å². The second kappa shape index (κ2) is 9.43. The van der Waals surface area contributed by atoms with Gasteiger partial charge in [-0.15, -0.1) is 0 Å². The van der Waals surface area contributed by atoms with Gasteiger partial charge in [0.1, 0.15) is 0 Å². The van der Waals surface area contributed by atoms with E-state index in [-0.39, 0.29) is 17.2 Å². The lowest BCUT2D eigenvalue weighted by Crippen LogP contribution is -2.43. The quantitative estimate of drug-likeness (QED) is 0.590. The Bertz CT molecular complexity index is 1180. The van der Waals surface area contributed by atoms with E-state index in [2.05, 4.69) is 35.5 Å². The van der Waals surface area contributed by atoms with Gasteiger partial charge in [-0.05, 0) is 92.7 Å². The third kappa shape index (κ3) is 4.62. The first kappa shape index (κ1) is 22.4. The molecule has 1 fully saturated rings. The van der Waals surface area contributed by atoms with Crippen LogP contribution >= 0.6 is 0 Å². The van der Waals surface area contributed by atoms with Crippen molar-refractivity contribution in [2.45, 2.75) is 25.7 Å².